The van der Waals surface area contributed by atoms with Crippen LogP contribution in [0.5, 0.6) is 0 Å². The number of hydrogen-bond acceptors (Lipinski definition) is 2. The molecule has 1 aromatic carbocycles. The Hall–Kier alpha value is -1.84. The van der Waals surface area contributed by atoms with Crippen molar-refractivity contribution in [3.63, 3.8) is 0 Å². The molecule has 0 heterocycles. The summed E-state index contributed by atoms with van der Waals surface area (Å²) in [4.78, 5) is 23.3. The smallest absolute Gasteiger partial charge is 0.330 e. The van der Waals surface area contributed by atoms with Crippen molar-refractivity contribution in [1.29, 1.82) is 0 Å². The molecule has 18 heavy (non-hydrogen) atoms. The van der Waals surface area contributed by atoms with Crippen molar-refractivity contribution in [1.82, 2.24) is 5.32 Å². The largest absolute Gasteiger partial charge is 0.479 e. The monoisotopic (exact) mass is 247 g/mol. The fourth-order valence-electron chi connectivity index (χ4n) is 2.29. The van der Waals surface area contributed by atoms with Gasteiger partial charge in [0, 0.05) is 18.8 Å². The van der Waals surface area contributed by atoms with E-state index in [1.165, 1.54) is 0 Å². The Balaban J connectivity index is 2.28. The van der Waals surface area contributed by atoms with E-state index in [1.807, 2.05) is 24.3 Å². The molecule has 0 saturated heterocycles. The lowest BCUT2D eigenvalue weighted by Gasteiger charge is -2.26. The molecular weight excluding hydrogens is 230 g/mol. The number of hydrogen-bond donors (Lipinski definition) is 2. The van der Waals surface area contributed by atoms with Gasteiger partial charge in [0.05, 0.1) is 0 Å². The van der Waals surface area contributed by atoms with Gasteiger partial charge in [-0.2, -0.15) is 0 Å². The number of carbonyl (C=O) groups excluding carboxylic acids is 1. The summed E-state index contributed by atoms with van der Waals surface area (Å²) in [6, 6.07) is 7.62. The van der Waals surface area contributed by atoms with Crippen LogP contribution in [0.25, 0.3) is 0 Å². The summed E-state index contributed by atoms with van der Waals surface area (Å²) in [6.07, 6.45) is 0.716. The van der Waals surface area contributed by atoms with Gasteiger partial charge in [-0.05, 0) is 11.1 Å². The van der Waals surface area contributed by atoms with E-state index >= 15 is 0 Å². The number of aliphatic carboxylic acids is 1. The maximum absolute atomic E-state index is 11.8. The first-order chi connectivity index (χ1) is 8.44. The zero-order chi connectivity index (χ0) is 13.3. The van der Waals surface area contributed by atoms with Crippen LogP contribution in [0.15, 0.2) is 24.3 Å². The van der Waals surface area contributed by atoms with E-state index in [2.05, 4.69) is 5.32 Å². The van der Waals surface area contributed by atoms with Crippen molar-refractivity contribution in [3.8, 4) is 0 Å². The standard InChI is InChI=1S/C14H17NO3/c1-9(2)12(16)15-14(13(17)18)7-10-5-3-4-6-11(10)8-14/h3-6,9H,7-8H2,1-2H3,(H,15,16)(H,17,18). The Morgan fingerprint density at radius 3 is 2.11 bits per heavy atom. The molecule has 0 saturated carbocycles. The minimum absolute atomic E-state index is 0.217. The molecule has 1 aromatic rings. The highest BCUT2D eigenvalue weighted by atomic mass is 16.4. The zero-order valence-electron chi connectivity index (χ0n) is 10.6. The van der Waals surface area contributed by atoms with Crippen LogP contribution >= 0.6 is 0 Å². The van der Waals surface area contributed by atoms with Gasteiger partial charge in [-0.15, -0.1) is 0 Å². The van der Waals surface area contributed by atoms with E-state index in [1.54, 1.807) is 13.8 Å². The molecule has 0 aromatic heterocycles. The number of carboxylic acid groups (broad SMARTS) is 1. The predicted octanol–water partition coefficient (Wildman–Crippen LogP) is 1.38. The van der Waals surface area contributed by atoms with E-state index in [0.717, 1.165) is 11.1 Å². The highest BCUT2D eigenvalue weighted by Crippen LogP contribution is 2.30. The SMILES string of the molecule is CC(C)C(=O)NC1(C(=O)O)Cc2ccccc2C1. The van der Waals surface area contributed by atoms with E-state index < -0.39 is 11.5 Å². The quantitative estimate of drug-likeness (QED) is 0.848. The summed E-state index contributed by atoms with van der Waals surface area (Å²) in [5, 5.41) is 12.2. The maximum Gasteiger partial charge on any atom is 0.330 e. The Morgan fingerprint density at radius 1 is 1.22 bits per heavy atom. The molecule has 4 heteroatoms. The third-order valence-electron chi connectivity index (χ3n) is 3.40. The fourth-order valence-corrected chi connectivity index (χ4v) is 2.29. The number of carboxylic acids is 1. The minimum atomic E-state index is -1.18. The van der Waals surface area contributed by atoms with Crippen LogP contribution in [0.4, 0.5) is 0 Å². The fraction of sp³-hybridized carbons (Fsp3) is 0.429. The Morgan fingerprint density at radius 2 is 1.72 bits per heavy atom. The molecule has 0 aliphatic heterocycles. The molecule has 0 unspecified atom stereocenters. The van der Waals surface area contributed by atoms with Gasteiger partial charge < -0.3 is 10.4 Å². The number of benzene rings is 1. The summed E-state index contributed by atoms with van der Waals surface area (Å²) in [5.41, 5.74) is 0.832. The highest BCUT2D eigenvalue weighted by Gasteiger charge is 2.45. The number of amides is 1. The lowest BCUT2D eigenvalue weighted by Crippen LogP contribution is -2.56. The average molecular weight is 247 g/mol. The summed E-state index contributed by atoms with van der Waals surface area (Å²) in [6.45, 7) is 3.51. The number of carbonyl (C=O) groups is 2. The van der Waals surface area contributed by atoms with Gasteiger partial charge in [-0.1, -0.05) is 38.1 Å². The third kappa shape index (κ3) is 2.10. The van der Waals surface area contributed by atoms with Crippen LogP contribution in [0, 0.1) is 5.92 Å². The van der Waals surface area contributed by atoms with Crippen molar-refractivity contribution in [2.45, 2.75) is 32.2 Å². The van der Waals surface area contributed by atoms with Crippen LogP contribution in [-0.2, 0) is 22.4 Å². The van der Waals surface area contributed by atoms with Crippen molar-refractivity contribution in [2.75, 3.05) is 0 Å². The van der Waals surface area contributed by atoms with Crippen LogP contribution in [0.2, 0.25) is 0 Å². The van der Waals surface area contributed by atoms with Gasteiger partial charge in [-0.3, -0.25) is 4.79 Å². The maximum atomic E-state index is 11.8. The molecule has 96 valence electrons. The van der Waals surface area contributed by atoms with Gasteiger partial charge in [0.15, 0.2) is 0 Å². The Kier molecular flexibility index (Phi) is 3.11. The van der Waals surface area contributed by atoms with E-state index in [0.29, 0.717) is 12.8 Å². The summed E-state index contributed by atoms with van der Waals surface area (Å²) < 4.78 is 0. The average Bonchev–Trinajstić information content (AvgIpc) is 2.68. The molecular formula is C14H17NO3. The Bertz CT molecular complexity index is 469. The normalized spacial score (nSPS) is 16.4. The second kappa shape index (κ2) is 4.44. The first kappa shape index (κ1) is 12.6. The highest BCUT2D eigenvalue weighted by molar-refractivity contribution is 5.89. The van der Waals surface area contributed by atoms with Gasteiger partial charge >= 0.3 is 5.97 Å². The summed E-state index contributed by atoms with van der Waals surface area (Å²) in [7, 11) is 0. The third-order valence-corrected chi connectivity index (χ3v) is 3.40. The van der Waals surface area contributed by atoms with Crippen LogP contribution in [-0.4, -0.2) is 22.5 Å². The molecule has 0 radical (unpaired) electrons. The van der Waals surface area contributed by atoms with E-state index in [-0.39, 0.29) is 11.8 Å². The lowest BCUT2D eigenvalue weighted by molar-refractivity contribution is -0.147. The molecule has 0 spiro atoms. The van der Waals surface area contributed by atoms with Crippen molar-refractivity contribution >= 4 is 11.9 Å². The Labute approximate surface area is 106 Å². The molecule has 0 fully saturated rings. The molecule has 1 aliphatic carbocycles. The molecule has 1 amide bonds. The number of rotatable bonds is 3. The van der Waals surface area contributed by atoms with Crippen LogP contribution in [0.1, 0.15) is 25.0 Å². The topological polar surface area (TPSA) is 66.4 Å². The van der Waals surface area contributed by atoms with E-state index in [4.69, 9.17) is 0 Å². The summed E-state index contributed by atoms with van der Waals surface area (Å²) >= 11 is 0. The van der Waals surface area contributed by atoms with Gasteiger partial charge in [0.1, 0.15) is 5.54 Å². The molecule has 0 bridgehead atoms. The van der Waals surface area contributed by atoms with Crippen molar-refractivity contribution < 1.29 is 14.7 Å². The number of fused-ring (bicyclic) bond motifs is 1. The van der Waals surface area contributed by atoms with Crippen LogP contribution < -0.4 is 5.32 Å². The first-order valence-corrected chi connectivity index (χ1v) is 6.07. The first-order valence-electron chi connectivity index (χ1n) is 6.07. The molecule has 2 N–H and O–H groups in total. The van der Waals surface area contributed by atoms with Gasteiger partial charge in [-0.25, -0.2) is 4.79 Å². The molecule has 4 nitrogen and oxygen atoms in total. The molecule has 1 aliphatic rings. The number of nitrogens with one attached hydrogen (secondary N) is 1. The predicted molar refractivity (Wildman–Crippen MR) is 67.2 cm³/mol. The second-order valence-electron chi connectivity index (χ2n) is 5.15. The van der Waals surface area contributed by atoms with Crippen molar-refractivity contribution in [3.05, 3.63) is 35.4 Å². The van der Waals surface area contributed by atoms with Gasteiger partial charge in [0.25, 0.3) is 0 Å². The second-order valence-corrected chi connectivity index (χ2v) is 5.15. The molecule has 2 rings (SSSR count). The summed E-state index contributed by atoms with van der Waals surface area (Å²) in [5.74, 6) is -1.40. The van der Waals surface area contributed by atoms with Crippen molar-refractivity contribution in [2.24, 2.45) is 5.92 Å². The minimum Gasteiger partial charge on any atom is -0.479 e. The van der Waals surface area contributed by atoms with E-state index in [9.17, 15) is 14.7 Å². The van der Waals surface area contributed by atoms with Crippen LogP contribution in [0.3, 0.4) is 0 Å². The van der Waals surface area contributed by atoms with Gasteiger partial charge in [0.2, 0.25) is 5.91 Å². The zero-order valence-corrected chi connectivity index (χ0v) is 10.6. The molecule has 0 atom stereocenters. The lowest BCUT2D eigenvalue weighted by atomic mass is 9.95.